The molecule has 1 aromatic carbocycles. The van der Waals surface area contributed by atoms with Gasteiger partial charge >= 0.3 is 0 Å². The topological polar surface area (TPSA) is 44.2 Å². The molecule has 2 aromatic rings. The first kappa shape index (κ1) is 19.0. The molecule has 4 nitrogen and oxygen atoms in total. The van der Waals surface area contributed by atoms with Crippen molar-refractivity contribution in [3.8, 4) is 11.6 Å². The number of ether oxygens (including phenoxy) is 2. The number of nitrogens with zero attached hydrogens (tertiary/aromatic N) is 2. The number of aromatic nitrogens is 2. The zero-order chi connectivity index (χ0) is 17.7. The van der Waals surface area contributed by atoms with Gasteiger partial charge in [-0.15, -0.1) is 10.2 Å². The van der Waals surface area contributed by atoms with Gasteiger partial charge in [-0.1, -0.05) is 63.1 Å². The lowest BCUT2D eigenvalue weighted by atomic mass is 10.1. The molecule has 0 fully saturated rings. The maximum Gasteiger partial charge on any atom is 0.276 e. The molecule has 134 valence electrons. The van der Waals surface area contributed by atoms with Crippen LogP contribution >= 0.6 is 0 Å². The molecule has 1 heterocycles. The number of allylic oxidation sites excluding steroid dienone is 1. The summed E-state index contributed by atoms with van der Waals surface area (Å²) < 4.78 is 11.6. The minimum absolute atomic E-state index is 0.491. The summed E-state index contributed by atoms with van der Waals surface area (Å²) in [5, 5.41) is 8.44. The normalized spacial score (nSPS) is 11.0. The lowest BCUT2D eigenvalue weighted by Gasteiger charge is -2.11. The maximum absolute atomic E-state index is 5.85. The van der Waals surface area contributed by atoms with Crippen LogP contribution in [0.5, 0.6) is 11.6 Å². The third-order valence-corrected chi connectivity index (χ3v) is 3.72. The van der Waals surface area contributed by atoms with Gasteiger partial charge < -0.3 is 9.47 Å². The van der Waals surface area contributed by atoms with E-state index in [1.54, 1.807) is 0 Å². The number of hydrogen-bond donors (Lipinski definition) is 0. The van der Waals surface area contributed by atoms with Crippen LogP contribution in [0.25, 0.3) is 6.08 Å². The van der Waals surface area contributed by atoms with E-state index < -0.39 is 0 Å². The highest BCUT2D eigenvalue weighted by Crippen LogP contribution is 2.25. The molecular weight excluding hydrogens is 312 g/mol. The van der Waals surface area contributed by atoms with Gasteiger partial charge in [-0.05, 0) is 30.9 Å². The van der Waals surface area contributed by atoms with Crippen LogP contribution in [0, 0.1) is 0 Å². The number of hydrogen-bond acceptors (Lipinski definition) is 4. The van der Waals surface area contributed by atoms with Gasteiger partial charge in [-0.2, -0.15) is 0 Å². The van der Waals surface area contributed by atoms with Crippen molar-refractivity contribution in [2.75, 3.05) is 13.2 Å². The second-order valence-electron chi connectivity index (χ2n) is 5.93. The van der Waals surface area contributed by atoms with Crippen molar-refractivity contribution in [1.29, 1.82) is 0 Å². The summed E-state index contributed by atoms with van der Waals surface area (Å²) in [6.45, 7) is 5.58. The van der Waals surface area contributed by atoms with Crippen molar-refractivity contribution in [2.45, 2.75) is 46.0 Å². The molecule has 0 N–H and O–H groups in total. The first-order valence-electron chi connectivity index (χ1n) is 9.17. The Balaban J connectivity index is 2.03. The second kappa shape index (κ2) is 11.2. The van der Waals surface area contributed by atoms with Crippen LogP contribution in [0.2, 0.25) is 0 Å². The minimum atomic E-state index is 0.491. The van der Waals surface area contributed by atoms with Crippen molar-refractivity contribution in [1.82, 2.24) is 10.2 Å². The molecule has 0 unspecified atom stereocenters. The van der Waals surface area contributed by atoms with Gasteiger partial charge in [-0.3, -0.25) is 0 Å². The monoisotopic (exact) mass is 340 g/mol. The SMILES string of the molecule is CCCCOc1cc(/C=C/Cc2ccccc2)nnc1OCCCC. The molecule has 0 radical (unpaired) electrons. The zero-order valence-electron chi connectivity index (χ0n) is 15.3. The minimum Gasteiger partial charge on any atom is -0.488 e. The molecule has 0 saturated heterocycles. The molecule has 0 bridgehead atoms. The van der Waals surface area contributed by atoms with Gasteiger partial charge in [0.25, 0.3) is 5.88 Å². The lowest BCUT2D eigenvalue weighted by molar-refractivity contribution is 0.250. The van der Waals surface area contributed by atoms with Crippen molar-refractivity contribution < 1.29 is 9.47 Å². The standard InChI is InChI=1S/C21H28N2O2/c1-3-5-15-24-20-17-19(22-23-21(20)25-16-6-4-2)14-10-13-18-11-8-7-9-12-18/h7-12,14,17H,3-6,13,15-16H2,1-2H3/b14-10+. The van der Waals surface area contributed by atoms with Gasteiger partial charge in [0, 0.05) is 6.07 Å². The molecule has 0 amide bonds. The number of benzene rings is 1. The molecule has 25 heavy (non-hydrogen) atoms. The van der Waals surface area contributed by atoms with E-state index in [4.69, 9.17) is 9.47 Å². The van der Waals surface area contributed by atoms with Crippen LogP contribution in [0.15, 0.2) is 42.5 Å². The zero-order valence-corrected chi connectivity index (χ0v) is 15.3. The van der Waals surface area contributed by atoms with Crippen molar-refractivity contribution >= 4 is 6.08 Å². The fourth-order valence-electron chi connectivity index (χ4n) is 2.23. The van der Waals surface area contributed by atoms with Gasteiger partial charge in [-0.25, -0.2) is 0 Å². The Morgan fingerprint density at radius 2 is 1.64 bits per heavy atom. The Hall–Kier alpha value is -2.36. The molecule has 0 aliphatic carbocycles. The smallest absolute Gasteiger partial charge is 0.276 e. The first-order chi connectivity index (χ1) is 12.3. The third-order valence-electron chi connectivity index (χ3n) is 3.72. The summed E-state index contributed by atoms with van der Waals surface area (Å²) in [6.07, 6.45) is 9.11. The van der Waals surface area contributed by atoms with Crippen LogP contribution in [0.1, 0.15) is 50.8 Å². The second-order valence-corrected chi connectivity index (χ2v) is 5.93. The Morgan fingerprint density at radius 3 is 2.36 bits per heavy atom. The fourth-order valence-corrected chi connectivity index (χ4v) is 2.23. The Morgan fingerprint density at radius 1 is 0.920 bits per heavy atom. The molecule has 2 rings (SSSR count). The highest BCUT2D eigenvalue weighted by atomic mass is 16.5. The van der Waals surface area contributed by atoms with Crippen LogP contribution in [0.3, 0.4) is 0 Å². The summed E-state index contributed by atoms with van der Waals surface area (Å²) in [6, 6.07) is 12.2. The summed E-state index contributed by atoms with van der Waals surface area (Å²) >= 11 is 0. The average Bonchev–Trinajstić information content (AvgIpc) is 2.64. The Bertz CT molecular complexity index is 642. The summed E-state index contributed by atoms with van der Waals surface area (Å²) in [7, 11) is 0. The average molecular weight is 340 g/mol. The van der Waals surface area contributed by atoms with Crippen molar-refractivity contribution in [3.05, 3.63) is 53.7 Å². The van der Waals surface area contributed by atoms with Crippen molar-refractivity contribution in [2.24, 2.45) is 0 Å². The van der Waals surface area contributed by atoms with Crippen LogP contribution in [0.4, 0.5) is 0 Å². The van der Waals surface area contributed by atoms with E-state index in [1.807, 2.05) is 30.3 Å². The van der Waals surface area contributed by atoms with Crippen molar-refractivity contribution in [3.63, 3.8) is 0 Å². The molecular formula is C21H28N2O2. The summed E-state index contributed by atoms with van der Waals surface area (Å²) in [5.74, 6) is 1.17. The predicted octanol–water partition coefficient (Wildman–Crippen LogP) is 5.09. The molecule has 4 heteroatoms. The number of rotatable bonds is 11. The number of unbranched alkanes of at least 4 members (excludes halogenated alkanes) is 2. The maximum atomic E-state index is 5.85. The molecule has 1 aromatic heterocycles. The summed E-state index contributed by atoms with van der Waals surface area (Å²) in [5.41, 5.74) is 2.05. The molecule has 0 aliphatic heterocycles. The first-order valence-corrected chi connectivity index (χ1v) is 9.17. The summed E-state index contributed by atoms with van der Waals surface area (Å²) in [4.78, 5) is 0. The molecule has 0 atom stereocenters. The Labute approximate surface area is 150 Å². The van der Waals surface area contributed by atoms with Crippen LogP contribution in [-0.2, 0) is 6.42 Å². The van der Waals surface area contributed by atoms with Gasteiger partial charge in [0.15, 0.2) is 5.75 Å². The Kier molecular flexibility index (Phi) is 8.53. The van der Waals surface area contributed by atoms with E-state index in [-0.39, 0.29) is 0 Å². The molecule has 0 aliphatic rings. The highest BCUT2D eigenvalue weighted by molar-refractivity contribution is 5.49. The largest absolute Gasteiger partial charge is 0.488 e. The lowest BCUT2D eigenvalue weighted by Crippen LogP contribution is -2.05. The van der Waals surface area contributed by atoms with Gasteiger partial charge in [0.05, 0.1) is 18.9 Å². The fraction of sp³-hybridized carbons (Fsp3) is 0.429. The van der Waals surface area contributed by atoms with E-state index in [9.17, 15) is 0 Å². The van der Waals surface area contributed by atoms with E-state index >= 15 is 0 Å². The predicted molar refractivity (Wildman–Crippen MR) is 102 cm³/mol. The van der Waals surface area contributed by atoms with E-state index in [1.165, 1.54) is 5.56 Å². The quantitative estimate of drug-likeness (QED) is 0.534. The van der Waals surface area contributed by atoms with Gasteiger partial charge in [0.2, 0.25) is 0 Å². The third kappa shape index (κ3) is 6.96. The van der Waals surface area contributed by atoms with Crippen LogP contribution < -0.4 is 9.47 Å². The van der Waals surface area contributed by atoms with Gasteiger partial charge in [0.1, 0.15) is 0 Å². The van der Waals surface area contributed by atoms with E-state index in [2.05, 4.69) is 42.3 Å². The van der Waals surface area contributed by atoms with Crippen LogP contribution in [-0.4, -0.2) is 23.4 Å². The molecule has 0 spiro atoms. The van der Waals surface area contributed by atoms with E-state index in [0.29, 0.717) is 24.8 Å². The molecule has 0 saturated carbocycles. The highest BCUT2D eigenvalue weighted by Gasteiger charge is 2.09. The van der Waals surface area contributed by atoms with E-state index in [0.717, 1.165) is 37.8 Å².